The topological polar surface area (TPSA) is 9.23 Å². The van der Waals surface area contributed by atoms with E-state index in [9.17, 15) is 0 Å². The van der Waals surface area contributed by atoms with Crippen molar-refractivity contribution in [2.75, 3.05) is 0 Å². The second-order valence-corrected chi connectivity index (χ2v) is 6.38. The Kier molecular flexibility index (Phi) is 8.16. The Morgan fingerprint density at radius 3 is 1.73 bits per heavy atom. The van der Waals surface area contributed by atoms with Gasteiger partial charge in [0.15, 0.2) is 0 Å². The summed E-state index contributed by atoms with van der Waals surface area (Å²) in [5.41, 5.74) is 0. The third-order valence-corrected chi connectivity index (χ3v) is 1.71. The van der Waals surface area contributed by atoms with Gasteiger partial charge in [0.05, 0.1) is 6.10 Å². The van der Waals surface area contributed by atoms with Crippen molar-refractivity contribution in [2.45, 2.75) is 38.6 Å². The summed E-state index contributed by atoms with van der Waals surface area (Å²) < 4.78 is 6.53. The SMILES string of the molecule is CC(C)Br.CC(C)Oc1ccc(Br)cc1. The fourth-order valence-electron chi connectivity index (χ4n) is 0.785. The minimum atomic E-state index is 0.246. The highest BCUT2D eigenvalue weighted by molar-refractivity contribution is 9.10. The molecule has 86 valence electrons. The molecule has 0 saturated heterocycles. The van der Waals surface area contributed by atoms with Gasteiger partial charge in [0.25, 0.3) is 0 Å². The van der Waals surface area contributed by atoms with E-state index in [1.807, 2.05) is 38.1 Å². The van der Waals surface area contributed by atoms with Crippen LogP contribution in [0.3, 0.4) is 0 Å². The maximum atomic E-state index is 5.45. The van der Waals surface area contributed by atoms with Crippen LogP contribution in [0.4, 0.5) is 0 Å². The van der Waals surface area contributed by atoms with Crippen molar-refractivity contribution in [1.82, 2.24) is 0 Å². The highest BCUT2D eigenvalue weighted by Gasteiger charge is 1.95. The fourth-order valence-corrected chi connectivity index (χ4v) is 1.05. The largest absolute Gasteiger partial charge is 0.491 e. The molecular formula is C12H18Br2O. The zero-order chi connectivity index (χ0) is 11.8. The average molecular weight is 338 g/mol. The summed E-state index contributed by atoms with van der Waals surface area (Å²) in [6.45, 7) is 8.20. The lowest BCUT2D eigenvalue weighted by Gasteiger charge is -2.08. The van der Waals surface area contributed by atoms with E-state index in [-0.39, 0.29) is 6.10 Å². The van der Waals surface area contributed by atoms with E-state index in [2.05, 4.69) is 45.7 Å². The van der Waals surface area contributed by atoms with E-state index in [4.69, 9.17) is 4.74 Å². The third-order valence-electron chi connectivity index (χ3n) is 1.19. The van der Waals surface area contributed by atoms with Crippen molar-refractivity contribution in [3.63, 3.8) is 0 Å². The standard InChI is InChI=1S/C9H11BrO.C3H7Br/c1-7(2)11-9-5-3-8(10)4-6-9;1-3(2)4/h3-7H,1-2H3;3H,1-2H3. The molecule has 3 heteroatoms. The van der Waals surface area contributed by atoms with Crippen molar-refractivity contribution in [2.24, 2.45) is 0 Å². The van der Waals surface area contributed by atoms with Crippen molar-refractivity contribution < 1.29 is 4.74 Å². The summed E-state index contributed by atoms with van der Waals surface area (Å²) in [5, 5.41) is 0. The molecule has 0 radical (unpaired) electrons. The van der Waals surface area contributed by atoms with Crippen LogP contribution in [0.2, 0.25) is 0 Å². The molecule has 0 bridgehead atoms. The molecule has 0 aliphatic heterocycles. The van der Waals surface area contributed by atoms with Crippen LogP contribution < -0.4 is 4.74 Å². The molecule has 0 amide bonds. The minimum absolute atomic E-state index is 0.246. The Bertz CT molecular complexity index is 252. The van der Waals surface area contributed by atoms with E-state index in [1.54, 1.807) is 0 Å². The molecule has 0 N–H and O–H groups in total. The Morgan fingerprint density at radius 2 is 1.40 bits per heavy atom. The van der Waals surface area contributed by atoms with Crippen LogP contribution in [0, 0.1) is 0 Å². The monoisotopic (exact) mass is 336 g/mol. The Balaban J connectivity index is 0.000000423. The maximum absolute atomic E-state index is 5.45. The first kappa shape index (κ1) is 15.0. The minimum Gasteiger partial charge on any atom is -0.491 e. The van der Waals surface area contributed by atoms with E-state index < -0.39 is 0 Å². The second-order valence-electron chi connectivity index (χ2n) is 3.63. The smallest absolute Gasteiger partial charge is 0.119 e. The molecule has 1 rings (SSSR count). The number of hydrogen-bond donors (Lipinski definition) is 0. The molecule has 15 heavy (non-hydrogen) atoms. The first-order chi connectivity index (χ1) is 6.91. The predicted octanol–water partition coefficient (Wildman–Crippen LogP) is 5.03. The lowest BCUT2D eigenvalue weighted by atomic mass is 10.3. The fraction of sp³-hybridized carbons (Fsp3) is 0.500. The molecule has 0 fully saturated rings. The van der Waals surface area contributed by atoms with Crippen LogP contribution in [-0.2, 0) is 0 Å². The van der Waals surface area contributed by atoms with Crippen molar-refractivity contribution in [1.29, 1.82) is 0 Å². The molecule has 0 spiro atoms. The van der Waals surface area contributed by atoms with E-state index in [0.29, 0.717) is 4.83 Å². The Hall–Kier alpha value is -0.0200. The predicted molar refractivity (Wildman–Crippen MR) is 74.0 cm³/mol. The first-order valence-electron chi connectivity index (χ1n) is 4.98. The molecule has 0 aliphatic carbocycles. The number of halogens is 2. The highest BCUT2D eigenvalue weighted by Crippen LogP contribution is 2.16. The second kappa shape index (κ2) is 8.17. The van der Waals surface area contributed by atoms with Gasteiger partial charge in [-0.25, -0.2) is 0 Å². The summed E-state index contributed by atoms with van der Waals surface area (Å²) in [5.74, 6) is 0.920. The molecular weight excluding hydrogens is 320 g/mol. The van der Waals surface area contributed by atoms with Gasteiger partial charge in [-0.1, -0.05) is 45.7 Å². The molecule has 0 unspecified atom stereocenters. The summed E-state index contributed by atoms with van der Waals surface area (Å²) in [4.78, 5) is 0.646. The first-order valence-corrected chi connectivity index (χ1v) is 6.69. The number of benzene rings is 1. The lowest BCUT2D eigenvalue weighted by Crippen LogP contribution is -2.04. The van der Waals surface area contributed by atoms with Gasteiger partial charge in [0.1, 0.15) is 5.75 Å². The molecule has 0 aliphatic rings. The van der Waals surface area contributed by atoms with Gasteiger partial charge in [-0.15, -0.1) is 0 Å². The molecule has 1 aromatic rings. The summed E-state index contributed by atoms with van der Waals surface area (Å²) in [7, 11) is 0. The number of rotatable bonds is 2. The van der Waals surface area contributed by atoms with Crippen molar-refractivity contribution in [3.05, 3.63) is 28.7 Å². The Morgan fingerprint density at radius 1 is 1.00 bits per heavy atom. The van der Waals surface area contributed by atoms with Gasteiger partial charge in [0, 0.05) is 9.30 Å². The summed E-state index contributed by atoms with van der Waals surface area (Å²) >= 11 is 6.63. The van der Waals surface area contributed by atoms with Crippen LogP contribution in [-0.4, -0.2) is 10.9 Å². The van der Waals surface area contributed by atoms with Crippen LogP contribution >= 0.6 is 31.9 Å². The van der Waals surface area contributed by atoms with Crippen molar-refractivity contribution in [3.8, 4) is 5.75 Å². The third kappa shape index (κ3) is 10.3. The molecule has 1 nitrogen and oxygen atoms in total. The number of hydrogen-bond acceptors (Lipinski definition) is 1. The molecule has 0 saturated carbocycles. The Labute approximate surface area is 109 Å². The molecule has 0 atom stereocenters. The van der Waals surface area contributed by atoms with Crippen LogP contribution in [0.5, 0.6) is 5.75 Å². The van der Waals surface area contributed by atoms with Gasteiger partial charge in [-0.05, 0) is 38.1 Å². The van der Waals surface area contributed by atoms with Crippen LogP contribution in [0.15, 0.2) is 28.7 Å². The van der Waals surface area contributed by atoms with Gasteiger partial charge in [-0.2, -0.15) is 0 Å². The van der Waals surface area contributed by atoms with Gasteiger partial charge < -0.3 is 4.74 Å². The lowest BCUT2D eigenvalue weighted by molar-refractivity contribution is 0.242. The highest BCUT2D eigenvalue weighted by atomic mass is 79.9. The van der Waals surface area contributed by atoms with Gasteiger partial charge in [-0.3, -0.25) is 0 Å². The van der Waals surface area contributed by atoms with Crippen LogP contribution in [0.1, 0.15) is 27.7 Å². The van der Waals surface area contributed by atoms with E-state index in [0.717, 1.165) is 10.2 Å². The summed E-state index contributed by atoms with van der Waals surface area (Å²) in [6, 6.07) is 7.84. The number of alkyl halides is 1. The van der Waals surface area contributed by atoms with Crippen molar-refractivity contribution >= 4 is 31.9 Å². The van der Waals surface area contributed by atoms with Gasteiger partial charge >= 0.3 is 0 Å². The quantitative estimate of drug-likeness (QED) is 0.688. The van der Waals surface area contributed by atoms with Gasteiger partial charge in [0.2, 0.25) is 0 Å². The molecule has 0 heterocycles. The molecule has 1 aromatic carbocycles. The normalized spacial score (nSPS) is 9.87. The average Bonchev–Trinajstić information content (AvgIpc) is 2.07. The zero-order valence-corrected chi connectivity index (χ0v) is 12.8. The van der Waals surface area contributed by atoms with Crippen LogP contribution in [0.25, 0.3) is 0 Å². The van der Waals surface area contributed by atoms with E-state index >= 15 is 0 Å². The summed E-state index contributed by atoms with van der Waals surface area (Å²) in [6.07, 6.45) is 0.246. The zero-order valence-electron chi connectivity index (χ0n) is 9.63. The molecule has 0 aromatic heterocycles. The number of ether oxygens (including phenoxy) is 1. The van der Waals surface area contributed by atoms with E-state index in [1.165, 1.54) is 0 Å². The maximum Gasteiger partial charge on any atom is 0.119 e.